The van der Waals surface area contributed by atoms with Crippen LogP contribution in [0.1, 0.15) is 49.3 Å². The van der Waals surface area contributed by atoms with Crippen molar-refractivity contribution in [3.63, 3.8) is 0 Å². The second kappa shape index (κ2) is 9.52. The molecule has 0 aliphatic carbocycles. The van der Waals surface area contributed by atoms with E-state index in [1.165, 1.54) is 0 Å². The van der Waals surface area contributed by atoms with Crippen LogP contribution in [0.5, 0.6) is 11.5 Å². The summed E-state index contributed by atoms with van der Waals surface area (Å²) >= 11 is 0. The normalized spacial score (nSPS) is 16.3. The van der Waals surface area contributed by atoms with Crippen LogP contribution in [0.25, 0.3) is 0 Å². The quantitative estimate of drug-likeness (QED) is 0.694. The summed E-state index contributed by atoms with van der Waals surface area (Å²) in [5, 5.41) is 6.19. The van der Waals surface area contributed by atoms with E-state index in [2.05, 4.69) is 17.6 Å². The summed E-state index contributed by atoms with van der Waals surface area (Å²) < 4.78 is 11.1. The first kappa shape index (κ1) is 21.5. The molecular formula is C23H29N3O4. The number of rotatable bonds is 8. The van der Waals surface area contributed by atoms with Crippen LogP contribution in [0.2, 0.25) is 0 Å². The summed E-state index contributed by atoms with van der Waals surface area (Å²) in [5.74, 6) is 0.793. The number of ether oxygens (including phenoxy) is 2. The summed E-state index contributed by atoms with van der Waals surface area (Å²) in [4.78, 5) is 26.8. The zero-order valence-corrected chi connectivity index (χ0v) is 17.9. The lowest BCUT2D eigenvalue weighted by molar-refractivity contribution is -0.123. The SMILES string of the molecule is CCNC(=O)COc1ccc([C@H]2Nc3ccccc3C(=O)N2[C@H](C)CC)cc1OC. The van der Waals surface area contributed by atoms with Crippen LogP contribution in [0, 0.1) is 0 Å². The van der Waals surface area contributed by atoms with Gasteiger partial charge in [-0.25, -0.2) is 0 Å². The Bertz CT molecular complexity index is 915. The van der Waals surface area contributed by atoms with E-state index in [1.807, 2.05) is 55.1 Å². The highest BCUT2D eigenvalue weighted by molar-refractivity contribution is 6.01. The fourth-order valence-corrected chi connectivity index (χ4v) is 3.53. The van der Waals surface area contributed by atoms with Gasteiger partial charge < -0.3 is 25.0 Å². The summed E-state index contributed by atoms with van der Waals surface area (Å²) in [7, 11) is 1.55. The zero-order valence-electron chi connectivity index (χ0n) is 17.9. The van der Waals surface area contributed by atoms with Crippen molar-refractivity contribution < 1.29 is 19.1 Å². The zero-order chi connectivity index (χ0) is 21.7. The van der Waals surface area contributed by atoms with Gasteiger partial charge in [-0.05, 0) is 50.1 Å². The molecule has 2 atom stereocenters. The second-order valence-electron chi connectivity index (χ2n) is 7.21. The minimum absolute atomic E-state index is 0.000713. The molecule has 0 spiro atoms. The van der Waals surface area contributed by atoms with E-state index >= 15 is 0 Å². The standard InChI is InChI=1S/C23H29N3O4/c1-5-15(3)26-22(25-18-10-8-7-9-17(18)23(26)28)16-11-12-19(20(13-16)29-4)30-14-21(27)24-6-2/h7-13,15,22,25H,5-6,14H2,1-4H3,(H,24,27)/t15-,22+/m1/s1. The lowest BCUT2D eigenvalue weighted by Gasteiger charge is -2.41. The van der Waals surface area contributed by atoms with Gasteiger partial charge in [-0.3, -0.25) is 9.59 Å². The third-order valence-corrected chi connectivity index (χ3v) is 5.26. The van der Waals surface area contributed by atoms with Gasteiger partial charge in [-0.2, -0.15) is 0 Å². The van der Waals surface area contributed by atoms with E-state index in [-0.39, 0.29) is 30.6 Å². The molecule has 2 aromatic rings. The number of amides is 2. The van der Waals surface area contributed by atoms with E-state index in [4.69, 9.17) is 9.47 Å². The molecule has 0 fully saturated rings. The molecule has 30 heavy (non-hydrogen) atoms. The van der Waals surface area contributed by atoms with Crippen LogP contribution in [0.15, 0.2) is 42.5 Å². The van der Waals surface area contributed by atoms with Crippen molar-refractivity contribution in [2.75, 3.05) is 25.6 Å². The maximum Gasteiger partial charge on any atom is 0.258 e. The Balaban J connectivity index is 1.92. The summed E-state index contributed by atoms with van der Waals surface area (Å²) in [6, 6.07) is 13.1. The van der Waals surface area contributed by atoms with E-state index in [9.17, 15) is 9.59 Å². The van der Waals surface area contributed by atoms with E-state index in [1.54, 1.807) is 13.2 Å². The van der Waals surface area contributed by atoms with Gasteiger partial charge in [0.2, 0.25) is 0 Å². The molecule has 7 nitrogen and oxygen atoms in total. The number of hydrogen-bond donors (Lipinski definition) is 2. The van der Waals surface area contributed by atoms with Gasteiger partial charge in [0.15, 0.2) is 18.1 Å². The first-order valence-electron chi connectivity index (χ1n) is 10.3. The number of fused-ring (bicyclic) bond motifs is 1. The number of likely N-dealkylation sites (N-methyl/N-ethyl adjacent to an activating group) is 1. The van der Waals surface area contributed by atoms with Crippen molar-refractivity contribution in [3.8, 4) is 11.5 Å². The molecule has 2 N–H and O–H groups in total. The molecule has 0 saturated heterocycles. The molecule has 2 aromatic carbocycles. The van der Waals surface area contributed by atoms with Gasteiger partial charge in [0.1, 0.15) is 6.17 Å². The van der Waals surface area contributed by atoms with Gasteiger partial charge in [0.05, 0.1) is 12.7 Å². The highest BCUT2D eigenvalue weighted by Crippen LogP contribution is 2.38. The molecule has 1 aliphatic heterocycles. The number of hydrogen-bond acceptors (Lipinski definition) is 5. The van der Waals surface area contributed by atoms with Crippen LogP contribution in [-0.2, 0) is 4.79 Å². The first-order valence-corrected chi connectivity index (χ1v) is 10.3. The van der Waals surface area contributed by atoms with Crippen LogP contribution < -0.4 is 20.1 Å². The number of anilines is 1. The maximum atomic E-state index is 13.2. The van der Waals surface area contributed by atoms with Crippen LogP contribution in [-0.4, -0.2) is 43.0 Å². The average molecular weight is 412 g/mol. The van der Waals surface area contributed by atoms with Crippen LogP contribution in [0.4, 0.5) is 5.69 Å². The molecule has 1 aliphatic rings. The smallest absolute Gasteiger partial charge is 0.258 e. The highest BCUT2D eigenvalue weighted by atomic mass is 16.5. The molecule has 2 amide bonds. The Labute approximate surface area is 177 Å². The fourth-order valence-electron chi connectivity index (χ4n) is 3.53. The Hall–Kier alpha value is -3.22. The van der Waals surface area contributed by atoms with Gasteiger partial charge in [-0.1, -0.05) is 25.1 Å². The number of nitrogens with one attached hydrogen (secondary N) is 2. The number of nitrogens with zero attached hydrogens (tertiary/aromatic N) is 1. The molecule has 1 heterocycles. The largest absolute Gasteiger partial charge is 0.493 e. The van der Waals surface area contributed by atoms with E-state index in [0.29, 0.717) is 23.6 Å². The Morgan fingerprint density at radius 3 is 2.67 bits per heavy atom. The molecule has 0 radical (unpaired) electrons. The van der Waals surface area contributed by atoms with Crippen molar-refractivity contribution in [1.82, 2.24) is 10.2 Å². The van der Waals surface area contributed by atoms with E-state index in [0.717, 1.165) is 17.7 Å². The predicted molar refractivity (Wildman–Crippen MR) is 116 cm³/mol. The predicted octanol–water partition coefficient (Wildman–Crippen LogP) is 3.58. The van der Waals surface area contributed by atoms with Gasteiger partial charge in [-0.15, -0.1) is 0 Å². The Kier molecular flexibility index (Phi) is 6.82. The van der Waals surface area contributed by atoms with Gasteiger partial charge in [0, 0.05) is 18.3 Å². The van der Waals surface area contributed by atoms with Crippen molar-refractivity contribution in [2.45, 2.75) is 39.4 Å². The maximum absolute atomic E-state index is 13.2. The molecule has 160 valence electrons. The number of para-hydroxylation sites is 1. The first-order chi connectivity index (χ1) is 14.5. The molecule has 0 bridgehead atoms. The molecule has 0 unspecified atom stereocenters. The second-order valence-corrected chi connectivity index (χ2v) is 7.21. The molecule has 0 aromatic heterocycles. The molecular weight excluding hydrogens is 382 g/mol. The lowest BCUT2D eigenvalue weighted by Crippen LogP contribution is -2.47. The monoisotopic (exact) mass is 411 g/mol. The third-order valence-electron chi connectivity index (χ3n) is 5.26. The number of benzene rings is 2. The fraction of sp³-hybridized carbons (Fsp3) is 0.391. The van der Waals surface area contributed by atoms with Gasteiger partial charge in [0.25, 0.3) is 11.8 Å². The lowest BCUT2D eigenvalue weighted by atomic mass is 10.0. The number of carbonyl (C=O) groups excluding carboxylic acids is 2. The number of carbonyl (C=O) groups is 2. The van der Waals surface area contributed by atoms with Crippen molar-refractivity contribution >= 4 is 17.5 Å². The highest BCUT2D eigenvalue weighted by Gasteiger charge is 2.35. The molecule has 0 saturated carbocycles. The summed E-state index contributed by atoms with van der Waals surface area (Å²) in [5.41, 5.74) is 2.35. The third kappa shape index (κ3) is 4.35. The Morgan fingerprint density at radius 1 is 1.20 bits per heavy atom. The Morgan fingerprint density at radius 2 is 1.97 bits per heavy atom. The topological polar surface area (TPSA) is 79.9 Å². The van der Waals surface area contributed by atoms with E-state index < -0.39 is 0 Å². The minimum atomic E-state index is -0.339. The van der Waals surface area contributed by atoms with Crippen LogP contribution >= 0.6 is 0 Å². The molecule has 3 rings (SSSR count). The minimum Gasteiger partial charge on any atom is -0.493 e. The van der Waals surface area contributed by atoms with Crippen molar-refractivity contribution in [2.24, 2.45) is 0 Å². The number of methoxy groups -OCH3 is 1. The van der Waals surface area contributed by atoms with Crippen LogP contribution in [0.3, 0.4) is 0 Å². The van der Waals surface area contributed by atoms with Crippen molar-refractivity contribution in [3.05, 3.63) is 53.6 Å². The summed E-state index contributed by atoms with van der Waals surface area (Å²) in [6.45, 7) is 6.42. The molecule has 7 heteroatoms. The van der Waals surface area contributed by atoms with Gasteiger partial charge >= 0.3 is 0 Å². The average Bonchev–Trinajstić information content (AvgIpc) is 2.77. The summed E-state index contributed by atoms with van der Waals surface area (Å²) in [6.07, 6.45) is 0.491. The van der Waals surface area contributed by atoms with Crippen molar-refractivity contribution in [1.29, 1.82) is 0 Å².